The lowest BCUT2D eigenvalue weighted by molar-refractivity contribution is 0.205. The van der Waals surface area contributed by atoms with Crippen LogP contribution in [-0.4, -0.2) is 41.3 Å². The summed E-state index contributed by atoms with van der Waals surface area (Å²) in [6.45, 7) is 1.75. The Balaban J connectivity index is 1.49. The first kappa shape index (κ1) is 14.7. The second-order valence-corrected chi connectivity index (χ2v) is 5.73. The molecule has 3 aromatic rings. The Morgan fingerprint density at radius 2 is 1.92 bits per heavy atom. The van der Waals surface area contributed by atoms with Gasteiger partial charge in [-0.1, -0.05) is 18.2 Å². The second kappa shape index (κ2) is 6.31. The van der Waals surface area contributed by atoms with Crippen LogP contribution in [0.5, 0.6) is 11.8 Å². The molecule has 0 N–H and O–H groups in total. The summed E-state index contributed by atoms with van der Waals surface area (Å²) in [5.74, 6) is 0.624. The predicted molar refractivity (Wildman–Crippen MR) is 91.6 cm³/mol. The molecule has 1 aliphatic heterocycles. The van der Waals surface area contributed by atoms with Crippen LogP contribution < -0.4 is 14.4 Å². The summed E-state index contributed by atoms with van der Waals surface area (Å²) in [4.78, 5) is 15.1. The smallest absolute Gasteiger partial charge is 0.316 e. The highest BCUT2D eigenvalue weighted by Gasteiger charge is 2.26. The lowest BCUT2D eigenvalue weighted by Gasteiger charge is -2.20. The van der Waals surface area contributed by atoms with Gasteiger partial charge in [0.25, 0.3) is 0 Å². The van der Waals surface area contributed by atoms with Crippen molar-refractivity contribution in [2.75, 3.05) is 25.1 Å². The Morgan fingerprint density at radius 3 is 2.75 bits per heavy atom. The van der Waals surface area contributed by atoms with Gasteiger partial charge in [0, 0.05) is 30.2 Å². The maximum atomic E-state index is 5.90. The van der Waals surface area contributed by atoms with Gasteiger partial charge < -0.3 is 14.4 Å². The number of aromatic nitrogens is 3. The van der Waals surface area contributed by atoms with E-state index in [4.69, 9.17) is 9.47 Å². The summed E-state index contributed by atoms with van der Waals surface area (Å²) in [6.07, 6.45) is 6.10. The van der Waals surface area contributed by atoms with Gasteiger partial charge in [0.2, 0.25) is 0 Å². The molecule has 0 spiro atoms. The Bertz CT molecular complexity index is 833. The second-order valence-electron chi connectivity index (χ2n) is 5.73. The standard InChI is InChI=1S/C18H18N4O2/c1-23-14-10-20-18(21-11-14)24-13-7-9-22(12-13)17-6-8-19-16-5-3-2-4-15(16)17/h2-6,8,10-11,13H,7,9,12H2,1H3. The van der Waals surface area contributed by atoms with Crippen LogP contribution in [0.4, 0.5) is 5.69 Å². The monoisotopic (exact) mass is 322 g/mol. The maximum Gasteiger partial charge on any atom is 0.316 e. The molecule has 0 aliphatic carbocycles. The third-order valence-corrected chi connectivity index (χ3v) is 4.22. The van der Waals surface area contributed by atoms with Crippen molar-refractivity contribution in [1.82, 2.24) is 15.0 Å². The zero-order valence-corrected chi connectivity index (χ0v) is 13.4. The van der Waals surface area contributed by atoms with Gasteiger partial charge in [0.05, 0.1) is 31.6 Å². The molecule has 1 atom stereocenters. The average Bonchev–Trinajstić information content (AvgIpc) is 3.10. The number of benzene rings is 1. The van der Waals surface area contributed by atoms with Crippen molar-refractivity contribution < 1.29 is 9.47 Å². The fourth-order valence-electron chi connectivity index (χ4n) is 3.02. The largest absolute Gasteiger partial charge is 0.494 e. The topological polar surface area (TPSA) is 60.4 Å². The number of fused-ring (bicyclic) bond motifs is 1. The van der Waals surface area contributed by atoms with Crippen molar-refractivity contribution in [3.63, 3.8) is 0 Å². The van der Waals surface area contributed by atoms with Crippen LogP contribution in [0, 0.1) is 0 Å². The SMILES string of the molecule is COc1cnc(OC2CCN(c3ccnc4ccccc34)C2)nc1. The summed E-state index contributed by atoms with van der Waals surface area (Å²) in [6, 6.07) is 10.7. The summed E-state index contributed by atoms with van der Waals surface area (Å²) in [5.41, 5.74) is 2.21. The number of methoxy groups -OCH3 is 1. The van der Waals surface area contributed by atoms with E-state index in [1.165, 1.54) is 11.1 Å². The molecule has 1 aromatic carbocycles. The molecule has 1 fully saturated rings. The van der Waals surface area contributed by atoms with Crippen LogP contribution in [0.25, 0.3) is 10.9 Å². The summed E-state index contributed by atoms with van der Waals surface area (Å²) in [7, 11) is 1.59. The van der Waals surface area contributed by atoms with E-state index < -0.39 is 0 Å². The fraction of sp³-hybridized carbons (Fsp3) is 0.278. The van der Waals surface area contributed by atoms with Crippen molar-refractivity contribution in [3.05, 3.63) is 48.9 Å². The number of anilines is 1. The molecule has 0 amide bonds. The highest BCUT2D eigenvalue weighted by atomic mass is 16.5. The van der Waals surface area contributed by atoms with E-state index in [1.54, 1.807) is 19.5 Å². The molecule has 1 saturated heterocycles. The first-order chi connectivity index (χ1) is 11.8. The summed E-state index contributed by atoms with van der Waals surface area (Å²) >= 11 is 0. The average molecular weight is 322 g/mol. The molecule has 0 saturated carbocycles. The Morgan fingerprint density at radius 1 is 1.08 bits per heavy atom. The fourth-order valence-corrected chi connectivity index (χ4v) is 3.02. The van der Waals surface area contributed by atoms with Crippen LogP contribution in [-0.2, 0) is 0 Å². The van der Waals surface area contributed by atoms with Gasteiger partial charge in [-0.15, -0.1) is 0 Å². The third kappa shape index (κ3) is 2.82. The van der Waals surface area contributed by atoms with Crippen molar-refractivity contribution in [2.45, 2.75) is 12.5 Å². The lowest BCUT2D eigenvalue weighted by atomic mass is 10.2. The van der Waals surface area contributed by atoms with E-state index >= 15 is 0 Å². The zero-order valence-electron chi connectivity index (χ0n) is 13.4. The van der Waals surface area contributed by atoms with Gasteiger partial charge >= 0.3 is 6.01 Å². The minimum Gasteiger partial charge on any atom is -0.494 e. The highest BCUT2D eigenvalue weighted by molar-refractivity contribution is 5.91. The van der Waals surface area contributed by atoms with E-state index in [0.29, 0.717) is 11.8 Å². The van der Waals surface area contributed by atoms with Gasteiger partial charge in [0.15, 0.2) is 5.75 Å². The maximum absolute atomic E-state index is 5.90. The molecule has 6 heteroatoms. The molecule has 2 aromatic heterocycles. The minimum atomic E-state index is 0.0744. The van der Waals surface area contributed by atoms with Gasteiger partial charge in [-0.25, -0.2) is 0 Å². The molecule has 6 nitrogen and oxygen atoms in total. The molecule has 4 rings (SSSR count). The molecule has 0 bridgehead atoms. The molecule has 1 unspecified atom stereocenters. The normalized spacial score (nSPS) is 17.2. The van der Waals surface area contributed by atoms with Gasteiger partial charge in [-0.3, -0.25) is 4.98 Å². The van der Waals surface area contributed by atoms with E-state index in [-0.39, 0.29) is 6.10 Å². The molecule has 1 aliphatic rings. The van der Waals surface area contributed by atoms with Gasteiger partial charge in [0.1, 0.15) is 6.10 Å². The number of rotatable bonds is 4. The van der Waals surface area contributed by atoms with E-state index in [1.807, 2.05) is 24.4 Å². The van der Waals surface area contributed by atoms with Crippen molar-refractivity contribution in [1.29, 1.82) is 0 Å². The summed E-state index contributed by atoms with van der Waals surface area (Å²) in [5, 5.41) is 1.17. The van der Waals surface area contributed by atoms with Gasteiger partial charge in [-0.05, 0) is 12.1 Å². The number of nitrogens with zero attached hydrogens (tertiary/aromatic N) is 4. The number of para-hydroxylation sites is 1. The molecular formula is C18H18N4O2. The van der Waals surface area contributed by atoms with E-state index in [9.17, 15) is 0 Å². The van der Waals surface area contributed by atoms with Crippen LogP contribution >= 0.6 is 0 Å². The van der Waals surface area contributed by atoms with Crippen molar-refractivity contribution in [3.8, 4) is 11.8 Å². The van der Waals surface area contributed by atoms with Crippen LogP contribution in [0.3, 0.4) is 0 Å². The van der Waals surface area contributed by atoms with Crippen LogP contribution in [0.1, 0.15) is 6.42 Å². The Labute approximate surface area is 140 Å². The van der Waals surface area contributed by atoms with E-state index in [0.717, 1.165) is 25.0 Å². The first-order valence-corrected chi connectivity index (χ1v) is 7.95. The number of hydrogen-bond acceptors (Lipinski definition) is 6. The van der Waals surface area contributed by atoms with Crippen LogP contribution in [0.15, 0.2) is 48.9 Å². The Hall–Kier alpha value is -2.89. The highest BCUT2D eigenvalue weighted by Crippen LogP contribution is 2.29. The van der Waals surface area contributed by atoms with Crippen LogP contribution in [0.2, 0.25) is 0 Å². The van der Waals surface area contributed by atoms with Crippen molar-refractivity contribution in [2.24, 2.45) is 0 Å². The number of ether oxygens (including phenoxy) is 2. The molecule has 24 heavy (non-hydrogen) atoms. The van der Waals surface area contributed by atoms with Gasteiger partial charge in [-0.2, -0.15) is 9.97 Å². The molecule has 0 radical (unpaired) electrons. The molecule has 122 valence electrons. The zero-order chi connectivity index (χ0) is 16.4. The predicted octanol–water partition coefficient (Wildman–Crippen LogP) is 2.69. The Kier molecular flexibility index (Phi) is 3.86. The third-order valence-electron chi connectivity index (χ3n) is 4.22. The van der Waals surface area contributed by atoms with E-state index in [2.05, 4.69) is 32.0 Å². The molecular weight excluding hydrogens is 304 g/mol. The molecule has 3 heterocycles. The number of hydrogen-bond donors (Lipinski definition) is 0. The van der Waals surface area contributed by atoms with Crippen molar-refractivity contribution >= 4 is 16.6 Å². The first-order valence-electron chi connectivity index (χ1n) is 7.95. The quantitative estimate of drug-likeness (QED) is 0.736. The number of pyridine rings is 1. The summed E-state index contributed by atoms with van der Waals surface area (Å²) < 4.78 is 11.0. The lowest BCUT2D eigenvalue weighted by Crippen LogP contribution is -2.25. The minimum absolute atomic E-state index is 0.0744.